The SMILES string of the molecule is O=C(NCc1ccc(N2CCOCC2)nc1)NC1CCCC1. The van der Waals surface area contributed by atoms with Crippen LogP contribution in [0.15, 0.2) is 18.3 Å². The minimum atomic E-state index is -0.0795. The topological polar surface area (TPSA) is 66.5 Å². The van der Waals surface area contributed by atoms with E-state index >= 15 is 0 Å². The Morgan fingerprint density at radius 1 is 1.27 bits per heavy atom. The molecule has 0 bridgehead atoms. The number of carbonyl (C=O) groups excluding carboxylic acids is 1. The Morgan fingerprint density at radius 3 is 2.73 bits per heavy atom. The molecule has 1 saturated carbocycles. The van der Waals surface area contributed by atoms with E-state index in [1.54, 1.807) is 0 Å². The molecule has 1 aliphatic carbocycles. The average molecular weight is 304 g/mol. The lowest BCUT2D eigenvalue weighted by Crippen LogP contribution is -2.40. The van der Waals surface area contributed by atoms with Crippen LogP contribution < -0.4 is 15.5 Å². The Morgan fingerprint density at radius 2 is 2.05 bits per heavy atom. The number of carbonyl (C=O) groups is 1. The number of hydrogen-bond acceptors (Lipinski definition) is 4. The molecule has 0 radical (unpaired) electrons. The predicted molar refractivity (Wildman–Crippen MR) is 84.9 cm³/mol. The van der Waals surface area contributed by atoms with Crippen molar-refractivity contribution >= 4 is 11.8 Å². The van der Waals surface area contributed by atoms with Gasteiger partial charge in [-0.25, -0.2) is 9.78 Å². The molecule has 1 aromatic heterocycles. The van der Waals surface area contributed by atoms with Crippen molar-refractivity contribution in [2.24, 2.45) is 0 Å². The van der Waals surface area contributed by atoms with Gasteiger partial charge in [-0.15, -0.1) is 0 Å². The fourth-order valence-electron chi connectivity index (χ4n) is 2.99. The van der Waals surface area contributed by atoms with Crippen molar-refractivity contribution in [2.75, 3.05) is 31.2 Å². The van der Waals surface area contributed by atoms with Crippen LogP contribution in [0.3, 0.4) is 0 Å². The van der Waals surface area contributed by atoms with E-state index in [4.69, 9.17) is 4.74 Å². The summed E-state index contributed by atoms with van der Waals surface area (Å²) in [5.74, 6) is 0.974. The zero-order valence-electron chi connectivity index (χ0n) is 12.9. The largest absolute Gasteiger partial charge is 0.378 e. The number of rotatable bonds is 4. The van der Waals surface area contributed by atoms with Gasteiger partial charge in [-0.05, 0) is 24.5 Å². The number of morpholine rings is 1. The molecule has 0 spiro atoms. The van der Waals surface area contributed by atoms with Crippen LogP contribution in [-0.4, -0.2) is 43.4 Å². The lowest BCUT2D eigenvalue weighted by Gasteiger charge is -2.27. The van der Waals surface area contributed by atoms with E-state index in [1.165, 1.54) is 12.8 Å². The molecule has 120 valence electrons. The van der Waals surface area contributed by atoms with E-state index in [2.05, 4.69) is 20.5 Å². The second-order valence-electron chi connectivity index (χ2n) is 5.93. The van der Waals surface area contributed by atoms with Crippen LogP contribution >= 0.6 is 0 Å². The molecule has 2 N–H and O–H groups in total. The first-order chi connectivity index (χ1) is 10.8. The smallest absolute Gasteiger partial charge is 0.315 e. The molecule has 0 atom stereocenters. The third-order valence-corrected chi connectivity index (χ3v) is 4.29. The highest BCUT2D eigenvalue weighted by atomic mass is 16.5. The van der Waals surface area contributed by atoms with Crippen molar-refractivity contribution in [1.29, 1.82) is 0 Å². The fourth-order valence-corrected chi connectivity index (χ4v) is 2.99. The molecule has 6 nitrogen and oxygen atoms in total. The first-order valence-corrected chi connectivity index (χ1v) is 8.13. The second kappa shape index (κ2) is 7.45. The Labute approximate surface area is 131 Å². The van der Waals surface area contributed by atoms with Gasteiger partial charge in [0.2, 0.25) is 0 Å². The number of amides is 2. The molecule has 1 aromatic rings. The molecular weight excluding hydrogens is 280 g/mol. The van der Waals surface area contributed by atoms with Crippen LogP contribution in [0.25, 0.3) is 0 Å². The molecular formula is C16H24N4O2. The van der Waals surface area contributed by atoms with Gasteiger partial charge in [0.15, 0.2) is 0 Å². The first-order valence-electron chi connectivity index (χ1n) is 8.13. The molecule has 6 heteroatoms. The maximum atomic E-state index is 11.8. The van der Waals surface area contributed by atoms with Crippen molar-refractivity contribution in [3.8, 4) is 0 Å². The standard InChI is InChI=1S/C16H24N4O2/c21-16(19-14-3-1-2-4-14)18-12-13-5-6-15(17-11-13)20-7-9-22-10-8-20/h5-6,11,14H,1-4,7-10,12H2,(H2,18,19,21). The normalized spacial score (nSPS) is 19.2. The third-order valence-electron chi connectivity index (χ3n) is 4.29. The van der Waals surface area contributed by atoms with E-state index < -0.39 is 0 Å². The van der Waals surface area contributed by atoms with Crippen LogP contribution in [0.1, 0.15) is 31.2 Å². The number of anilines is 1. The molecule has 0 aromatic carbocycles. The molecule has 0 unspecified atom stereocenters. The minimum absolute atomic E-state index is 0.0795. The lowest BCUT2D eigenvalue weighted by molar-refractivity contribution is 0.122. The molecule has 2 fully saturated rings. The Balaban J connectivity index is 1.45. The van der Waals surface area contributed by atoms with Crippen molar-refractivity contribution in [3.63, 3.8) is 0 Å². The summed E-state index contributed by atoms with van der Waals surface area (Å²) < 4.78 is 5.34. The Bertz CT molecular complexity index is 479. The summed E-state index contributed by atoms with van der Waals surface area (Å²) >= 11 is 0. The summed E-state index contributed by atoms with van der Waals surface area (Å²) in [7, 11) is 0. The zero-order valence-corrected chi connectivity index (χ0v) is 12.9. The number of hydrogen-bond donors (Lipinski definition) is 2. The first kappa shape index (κ1) is 15.1. The molecule has 22 heavy (non-hydrogen) atoms. The minimum Gasteiger partial charge on any atom is -0.378 e. The Hall–Kier alpha value is -1.82. The van der Waals surface area contributed by atoms with E-state index in [-0.39, 0.29) is 6.03 Å². The summed E-state index contributed by atoms with van der Waals surface area (Å²) in [5.41, 5.74) is 1.01. The zero-order chi connectivity index (χ0) is 15.2. The van der Waals surface area contributed by atoms with Gasteiger partial charge in [0.1, 0.15) is 5.82 Å². The number of nitrogens with one attached hydrogen (secondary N) is 2. The lowest BCUT2D eigenvalue weighted by atomic mass is 10.2. The van der Waals surface area contributed by atoms with Crippen LogP contribution in [-0.2, 0) is 11.3 Å². The number of aromatic nitrogens is 1. The summed E-state index contributed by atoms with van der Waals surface area (Å²) in [6.45, 7) is 3.79. The summed E-state index contributed by atoms with van der Waals surface area (Å²) in [5, 5.41) is 5.92. The van der Waals surface area contributed by atoms with Gasteiger partial charge >= 0.3 is 6.03 Å². The number of ether oxygens (including phenoxy) is 1. The quantitative estimate of drug-likeness (QED) is 0.888. The van der Waals surface area contributed by atoms with Crippen molar-refractivity contribution in [3.05, 3.63) is 23.9 Å². The van der Waals surface area contributed by atoms with Crippen LogP contribution in [0.5, 0.6) is 0 Å². The maximum absolute atomic E-state index is 11.8. The molecule has 1 aliphatic heterocycles. The van der Waals surface area contributed by atoms with Gasteiger partial charge in [-0.2, -0.15) is 0 Å². The van der Waals surface area contributed by atoms with Gasteiger partial charge in [-0.1, -0.05) is 18.9 Å². The molecule has 2 amide bonds. The third kappa shape index (κ3) is 4.10. The van der Waals surface area contributed by atoms with Crippen molar-refractivity contribution in [1.82, 2.24) is 15.6 Å². The number of nitrogens with zero attached hydrogens (tertiary/aromatic N) is 2. The predicted octanol–water partition coefficient (Wildman–Crippen LogP) is 1.66. The second-order valence-corrected chi connectivity index (χ2v) is 5.93. The number of urea groups is 1. The summed E-state index contributed by atoms with van der Waals surface area (Å²) in [6, 6.07) is 4.30. The highest BCUT2D eigenvalue weighted by Crippen LogP contribution is 2.17. The van der Waals surface area contributed by atoms with E-state index in [0.717, 1.165) is 50.5 Å². The summed E-state index contributed by atoms with van der Waals surface area (Å²) in [6.07, 6.45) is 6.48. The molecule has 3 rings (SSSR count). The molecule has 2 aliphatic rings. The van der Waals surface area contributed by atoms with Gasteiger partial charge in [0.25, 0.3) is 0 Å². The van der Waals surface area contributed by atoms with Gasteiger partial charge in [-0.3, -0.25) is 0 Å². The maximum Gasteiger partial charge on any atom is 0.315 e. The highest BCUT2D eigenvalue weighted by Gasteiger charge is 2.16. The fraction of sp³-hybridized carbons (Fsp3) is 0.625. The monoisotopic (exact) mass is 304 g/mol. The van der Waals surface area contributed by atoms with Crippen molar-refractivity contribution in [2.45, 2.75) is 38.3 Å². The van der Waals surface area contributed by atoms with Gasteiger partial charge < -0.3 is 20.3 Å². The number of pyridine rings is 1. The van der Waals surface area contributed by atoms with Crippen molar-refractivity contribution < 1.29 is 9.53 Å². The van der Waals surface area contributed by atoms with E-state index in [9.17, 15) is 4.79 Å². The molecule has 2 heterocycles. The van der Waals surface area contributed by atoms with E-state index in [1.807, 2.05) is 18.3 Å². The average Bonchev–Trinajstić information content (AvgIpc) is 3.07. The molecule has 1 saturated heterocycles. The Kier molecular flexibility index (Phi) is 5.11. The summed E-state index contributed by atoms with van der Waals surface area (Å²) in [4.78, 5) is 18.5. The van der Waals surface area contributed by atoms with E-state index in [0.29, 0.717) is 12.6 Å². The van der Waals surface area contributed by atoms with Crippen LogP contribution in [0.4, 0.5) is 10.6 Å². The highest BCUT2D eigenvalue weighted by molar-refractivity contribution is 5.74. The van der Waals surface area contributed by atoms with Gasteiger partial charge in [0.05, 0.1) is 13.2 Å². The van der Waals surface area contributed by atoms with Crippen LogP contribution in [0.2, 0.25) is 0 Å². The van der Waals surface area contributed by atoms with Gasteiger partial charge in [0, 0.05) is 31.9 Å². The van der Waals surface area contributed by atoms with Crippen LogP contribution in [0, 0.1) is 0 Å².